The van der Waals surface area contributed by atoms with Crippen LogP contribution in [0.15, 0.2) is 48.5 Å². The van der Waals surface area contributed by atoms with Crippen molar-refractivity contribution in [2.45, 2.75) is 64.4 Å². The third-order valence-electron chi connectivity index (χ3n) is 7.67. The maximum absolute atomic E-state index is 6.17. The van der Waals surface area contributed by atoms with Crippen molar-refractivity contribution < 1.29 is 9.47 Å². The van der Waals surface area contributed by atoms with Gasteiger partial charge in [-0.3, -0.25) is 9.80 Å². The molecule has 2 atom stereocenters. The SMILES string of the molecule is C[C@@H]1CN(Cc2ccc3c(c2)CN(C2CCN(CCc4ccccc4)CC2)CCO3)C[C@H](C)O1. The van der Waals surface area contributed by atoms with E-state index in [0.29, 0.717) is 18.2 Å². The van der Waals surface area contributed by atoms with E-state index >= 15 is 0 Å². The molecule has 0 aromatic heterocycles. The Morgan fingerprint density at radius 2 is 1.62 bits per heavy atom. The largest absolute Gasteiger partial charge is 0.492 e. The summed E-state index contributed by atoms with van der Waals surface area (Å²) in [6.07, 6.45) is 4.28. The molecule has 0 aliphatic carbocycles. The van der Waals surface area contributed by atoms with Crippen molar-refractivity contribution in [1.29, 1.82) is 0 Å². The van der Waals surface area contributed by atoms with E-state index in [4.69, 9.17) is 9.47 Å². The number of piperidine rings is 1. The topological polar surface area (TPSA) is 28.2 Å². The molecule has 0 spiro atoms. The minimum Gasteiger partial charge on any atom is -0.492 e. The summed E-state index contributed by atoms with van der Waals surface area (Å²) >= 11 is 0. The van der Waals surface area contributed by atoms with E-state index in [0.717, 1.165) is 51.5 Å². The van der Waals surface area contributed by atoms with Crippen molar-refractivity contribution in [3.63, 3.8) is 0 Å². The Kier molecular flexibility index (Phi) is 7.85. The van der Waals surface area contributed by atoms with Crippen molar-refractivity contribution in [2.75, 3.05) is 45.9 Å². The predicted octanol–water partition coefficient (Wildman–Crippen LogP) is 4.20. The average Bonchev–Trinajstić information content (AvgIpc) is 3.05. The van der Waals surface area contributed by atoms with Crippen molar-refractivity contribution >= 4 is 0 Å². The Labute approximate surface area is 205 Å². The Morgan fingerprint density at radius 3 is 2.38 bits per heavy atom. The maximum atomic E-state index is 6.17. The molecule has 5 rings (SSSR count). The molecule has 34 heavy (non-hydrogen) atoms. The van der Waals surface area contributed by atoms with Gasteiger partial charge in [-0.2, -0.15) is 0 Å². The van der Waals surface area contributed by atoms with E-state index in [2.05, 4.69) is 77.1 Å². The van der Waals surface area contributed by atoms with Crippen LogP contribution in [0.2, 0.25) is 0 Å². The van der Waals surface area contributed by atoms with Gasteiger partial charge in [0.2, 0.25) is 0 Å². The third kappa shape index (κ3) is 6.19. The molecule has 2 aromatic carbocycles. The Morgan fingerprint density at radius 1 is 0.853 bits per heavy atom. The Balaban J connectivity index is 1.16. The zero-order valence-corrected chi connectivity index (χ0v) is 21.0. The summed E-state index contributed by atoms with van der Waals surface area (Å²) < 4.78 is 12.1. The molecule has 3 heterocycles. The lowest BCUT2D eigenvalue weighted by atomic mass is 10.0. The molecule has 2 saturated heterocycles. The first-order valence-corrected chi connectivity index (χ1v) is 13.2. The first-order valence-electron chi connectivity index (χ1n) is 13.2. The Bertz CT molecular complexity index is 903. The van der Waals surface area contributed by atoms with Gasteiger partial charge < -0.3 is 14.4 Å². The van der Waals surface area contributed by atoms with Crippen molar-refractivity contribution in [1.82, 2.24) is 14.7 Å². The molecule has 0 N–H and O–H groups in total. The average molecular weight is 464 g/mol. The molecule has 0 bridgehead atoms. The van der Waals surface area contributed by atoms with Crippen LogP contribution in [0.25, 0.3) is 0 Å². The minimum atomic E-state index is 0.307. The van der Waals surface area contributed by atoms with Gasteiger partial charge in [-0.05, 0) is 69.5 Å². The lowest BCUT2D eigenvalue weighted by molar-refractivity contribution is -0.0704. The smallest absolute Gasteiger partial charge is 0.123 e. The first kappa shape index (κ1) is 23.8. The molecular weight excluding hydrogens is 422 g/mol. The summed E-state index contributed by atoms with van der Waals surface area (Å²) in [4.78, 5) is 7.86. The number of hydrogen-bond acceptors (Lipinski definition) is 5. The number of morpholine rings is 1. The quantitative estimate of drug-likeness (QED) is 0.640. The van der Waals surface area contributed by atoms with Crippen molar-refractivity contribution in [3.8, 4) is 5.75 Å². The summed E-state index contributed by atoms with van der Waals surface area (Å²) in [5.74, 6) is 1.08. The second-order valence-electron chi connectivity index (χ2n) is 10.5. The van der Waals surface area contributed by atoms with E-state index in [1.807, 2.05) is 0 Å². The van der Waals surface area contributed by atoms with Gasteiger partial charge in [0.1, 0.15) is 12.4 Å². The van der Waals surface area contributed by atoms with Crippen LogP contribution in [0, 0.1) is 0 Å². The number of hydrogen-bond donors (Lipinski definition) is 0. The van der Waals surface area contributed by atoms with E-state index in [9.17, 15) is 0 Å². The highest BCUT2D eigenvalue weighted by Crippen LogP contribution is 2.28. The van der Waals surface area contributed by atoms with Crippen LogP contribution in [0.3, 0.4) is 0 Å². The van der Waals surface area contributed by atoms with Gasteiger partial charge in [0.25, 0.3) is 0 Å². The fraction of sp³-hybridized carbons (Fsp3) is 0.586. The first-order chi connectivity index (χ1) is 16.6. The molecule has 3 aliphatic heterocycles. The number of rotatable bonds is 6. The number of likely N-dealkylation sites (tertiary alicyclic amines) is 1. The highest BCUT2D eigenvalue weighted by molar-refractivity contribution is 5.38. The lowest BCUT2D eigenvalue weighted by Gasteiger charge is -2.38. The molecule has 184 valence electrons. The summed E-state index contributed by atoms with van der Waals surface area (Å²) in [5.41, 5.74) is 4.19. The van der Waals surface area contributed by atoms with Crippen LogP contribution in [0.4, 0.5) is 0 Å². The van der Waals surface area contributed by atoms with Gasteiger partial charge in [-0.1, -0.05) is 36.4 Å². The summed E-state index contributed by atoms with van der Waals surface area (Å²) in [5, 5.41) is 0. The zero-order valence-electron chi connectivity index (χ0n) is 21.0. The van der Waals surface area contributed by atoms with Crippen LogP contribution >= 0.6 is 0 Å². The standard InChI is InChI=1S/C29H41N3O2/c1-23-19-31(20-24(2)34-23)21-26-8-9-29-27(18-26)22-32(16-17-33-29)28-11-14-30(15-12-28)13-10-25-6-4-3-5-7-25/h3-9,18,23-24,28H,10-17,19-22H2,1-2H3/t23-,24+. The van der Waals surface area contributed by atoms with Gasteiger partial charge in [0.05, 0.1) is 12.2 Å². The summed E-state index contributed by atoms with van der Waals surface area (Å²) in [7, 11) is 0. The van der Waals surface area contributed by atoms with E-state index in [1.54, 1.807) is 0 Å². The van der Waals surface area contributed by atoms with Gasteiger partial charge >= 0.3 is 0 Å². The van der Waals surface area contributed by atoms with Crippen molar-refractivity contribution in [3.05, 3.63) is 65.2 Å². The minimum absolute atomic E-state index is 0.307. The van der Waals surface area contributed by atoms with Crippen LogP contribution in [-0.4, -0.2) is 78.8 Å². The van der Waals surface area contributed by atoms with E-state index in [-0.39, 0.29) is 0 Å². The second kappa shape index (κ2) is 11.2. The molecule has 3 aliphatic rings. The fourth-order valence-electron chi connectivity index (χ4n) is 5.99. The molecule has 0 radical (unpaired) electrons. The monoisotopic (exact) mass is 463 g/mol. The molecular formula is C29H41N3O2. The van der Waals surface area contributed by atoms with E-state index < -0.39 is 0 Å². The van der Waals surface area contributed by atoms with Gasteiger partial charge in [-0.25, -0.2) is 0 Å². The lowest BCUT2D eigenvalue weighted by Crippen LogP contribution is -2.45. The summed E-state index contributed by atoms with van der Waals surface area (Å²) in [6.45, 7) is 13.8. The van der Waals surface area contributed by atoms with Crippen LogP contribution in [0.1, 0.15) is 43.4 Å². The van der Waals surface area contributed by atoms with Crippen LogP contribution in [0.5, 0.6) is 5.75 Å². The fourth-order valence-corrected chi connectivity index (χ4v) is 5.99. The van der Waals surface area contributed by atoms with E-state index in [1.165, 1.54) is 49.2 Å². The third-order valence-corrected chi connectivity index (χ3v) is 7.67. The highest BCUT2D eigenvalue weighted by atomic mass is 16.5. The number of fused-ring (bicyclic) bond motifs is 1. The van der Waals surface area contributed by atoms with Crippen molar-refractivity contribution in [2.24, 2.45) is 0 Å². The molecule has 2 aromatic rings. The van der Waals surface area contributed by atoms with Gasteiger partial charge in [0.15, 0.2) is 0 Å². The number of ether oxygens (including phenoxy) is 2. The normalized spacial score (nSPS) is 25.5. The number of nitrogens with zero attached hydrogens (tertiary/aromatic N) is 3. The predicted molar refractivity (Wildman–Crippen MR) is 137 cm³/mol. The zero-order chi connectivity index (χ0) is 23.3. The number of benzene rings is 2. The summed E-state index contributed by atoms with van der Waals surface area (Å²) in [6, 6.07) is 18.4. The molecule has 0 saturated carbocycles. The van der Waals surface area contributed by atoms with Crippen LogP contribution < -0.4 is 4.74 Å². The maximum Gasteiger partial charge on any atom is 0.123 e. The van der Waals surface area contributed by atoms with Gasteiger partial charge in [-0.15, -0.1) is 0 Å². The molecule has 0 unspecified atom stereocenters. The molecule has 0 amide bonds. The highest BCUT2D eigenvalue weighted by Gasteiger charge is 2.27. The Hall–Kier alpha value is -1.92. The molecule has 5 heteroatoms. The molecule has 2 fully saturated rings. The molecule has 5 nitrogen and oxygen atoms in total. The van der Waals surface area contributed by atoms with Crippen LogP contribution in [-0.2, 0) is 24.2 Å². The second-order valence-corrected chi connectivity index (χ2v) is 10.5. The van der Waals surface area contributed by atoms with Gasteiger partial charge in [0, 0.05) is 50.9 Å².